The van der Waals surface area contributed by atoms with Crippen molar-refractivity contribution in [3.05, 3.63) is 47.5 Å². The summed E-state index contributed by atoms with van der Waals surface area (Å²) in [5.41, 5.74) is 2.59. The molecular weight excluding hydrogens is 316 g/mol. The number of hydrogen-bond acceptors (Lipinski definition) is 1. The largest absolute Gasteiger partial charge is 0.379 e. The summed E-state index contributed by atoms with van der Waals surface area (Å²) in [7, 11) is 0. The van der Waals surface area contributed by atoms with Crippen LogP contribution in [0.2, 0.25) is 0 Å². The molecule has 140 valence electrons. The molecule has 0 N–H and O–H groups in total. The highest BCUT2D eigenvalue weighted by Gasteiger charge is 2.22. The molecule has 1 aromatic rings. The fraction of sp³-hybridized carbons (Fsp3) is 0.600. The molecule has 0 saturated heterocycles. The van der Waals surface area contributed by atoms with Crippen molar-refractivity contribution in [1.29, 1.82) is 0 Å². The third kappa shape index (κ3) is 5.75. The molecular formula is C25H34O. The lowest BCUT2D eigenvalue weighted by molar-refractivity contribution is 0.0328. The van der Waals surface area contributed by atoms with Gasteiger partial charge in [-0.2, -0.15) is 0 Å². The van der Waals surface area contributed by atoms with Gasteiger partial charge in [-0.1, -0.05) is 49.8 Å². The van der Waals surface area contributed by atoms with E-state index in [1.54, 1.807) is 0 Å². The lowest BCUT2D eigenvalue weighted by Gasteiger charge is -2.28. The molecule has 26 heavy (non-hydrogen) atoms. The van der Waals surface area contributed by atoms with Crippen LogP contribution >= 0.6 is 0 Å². The molecule has 2 fully saturated rings. The molecule has 2 aliphatic carbocycles. The Labute approximate surface area is 160 Å². The van der Waals surface area contributed by atoms with Crippen molar-refractivity contribution in [2.75, 3.05) is 6.61 Å². The van der Waals surface area contributed by atoms with Crippen molar-refractivity contribution in [2.45, 2.75) is 77.2 Å². The summed E-state index contributed by atoms with van der Waals surface area (Å²) >= 11 is 0. The minimum absolute atomic E-state index is 0.487. The van der Waals surface area contributed by atoms with E-state index in [-0.39, 0.29) is 0 Å². The Morgan fingerprint density at radius 3 is 2.31 bits per heavy atom. The summed E-state index contributed by atoms with van der Waals surface area (Å²) in [6, 6.07) is 8.93. The van der Waals surface area contributed by atoms with Crippen LogP contribution in [0.5, 0.6) is 0 Å². The van der Waals surface area contributed by atoms with Gasteiger partial charge in [-0.25, -0.2) is 0 Å². The van der Waals surface area contributed by atoms with Crippen LogP contribution in [0.3, 0.4) is 0 Å². The zero-order chi connectivity index (χ0) is 18.2. The van der Waals surface area contributed by atoms with Crippen LogP contribution in [0.25, 0.3) is 0 Å². The van der Waals surface area contributed by atoms with Crippen molar-refractivity contribution >= 4 is 0 Å². The maximum atomic E-state index is 5.77. The van der Waals surface area contributed by atoms with Gasteiger partial charge in [0.05, 0.1) is 6.10 Å². The molecule has 2 aliphatic rings. The van der Waals surface area contributed by atoms with E-state index >= 15 is 0 Å². The van der Waals surface area contributed by atoms with Gasteiger partial charge in [0.2, 0.25) is 0 Å². The van der Waals surface area contributed by atoms with Crippen LogP contribution < -0.4 is 0 Å². The van der Waals surface area contributed by atoms with E-state index in [0.29, 0.717) is 12.0 Å². The number of hydrogen-bond donors (Lipinski definition) is 0. The molecule has 0 unspecified atom stereocenters. The van der Waals surface area contributed by atoms with Crippen molar-refractivity contribution in [3.63, 3.8) is 0 Å². The average molecular weight is 351 g/mol. The van der Waals surface area contributed by atoms with Crippen molar-refractivity contribution in [1.82, 2.24) is 0 Å². The van der Waals surface area contributed by atoms with Crippen LogP contribution in [0, 0.1) is 23.7 Å². The predicted molar refractivity (Wildman–Crippen MR) is 110 cm³/mol. The van der Waals surface area contributed by atoms with Crippen LogP contribution in [0.15, 0.2) is 36.4 Å². The highest BCUT2D eigenvalue weighted by molar-refractivity contribution is 5.39. The summed E-state index contributed by atoms with van der Waals surface area (Å²) < 4.78 is 5.77. The van der Waals surface area contributed by atoms with Crippen molar-refractivity contribution < 1.29 is 4.74 Å². The smallest absolute Gasteiger partial charge is 0.0575 e. The minimum atomic E-state index is 0.487. The predicted octanol–water partition coefficient (Wildman–Crippen LogP) is 6.48. The Hall–Kier alpha value is -1.52. The normalized spacial score (nSPS) is 29.3. The van der Waals surface area contributed by atoms with Gasteiger partial charge in [0, 0.05) is 12.2 Å². The third-order valence-electron chi connectivity index (χ3n) is 6.19. The van der Waals surface area contributed by atoms with Crippen LogP contribution in [-0.4, -0.2) is 12.7 Å². The van der Waals surface area contributed by atoms with E-state index in [4.69, 9.17) is 4.74 Å². The lowest BCUT2D eigenvalue weighted by Crippen LogP contribution is -2.20. The fourth-order valence-corrected chi connectivity index (χ4v) is 4.42. The first-order valence-electron chi connectivity index (χ1n) is 10.6. The molecule has 2 saturated carbocycles. The quantitative estimate of drug-likeness (QED) is 0.564. The molecule has 0 spiro atoms. The fourth-order valence-electron chi connectivity index (χ4n) is 4.42. The minimum Gasteiger partial charge on any atom is -0.379 e. The molecule has 0 heterocycles. The SMILES string of the molecule is CCOC1CCC(c2ccc(C#C/C=C/C3CCC(C)CC3)cc2)CC1. The first kappa shape index (κ1) is 19.2. The van der Waals surface area contributed by atoms with E-state index < -0.39 is 0 Å². The molecule has 1 heteroatoms. The lowest BCUT2D eigenvalue weighted by atomic mass is 9.82. The van der Waals surface area contributed by atoms with Crippen molar-refractivity contribution in [3.8, 4) is 11.8 Å². The Morgan fingerprint density at radius 2 is 1.65 bits per heavy atom. The van der Waals surface area contributed by atoms with E-state index in [1.807, 2.05) is 0 Å². The summed E-state index contributed by atoms with van der Waals surface area (Å²) in [6.07, 6.45) is 15.2. The van der Waals surface area contributed by atoms with Gasteiger partial charge in [0.15, 0.2) is 0 Å². The monoisotopic (exact) mass is 350 g/mol. The Morgan fingerprint density at radius 1 is 0.962 bits per heavy atom. The van der Waals surface area contributed by atoms with Crippen LogP contribution in [0.1, 0.15) is 82.3 Å². The van der Waals surface area contributed by atoms with Gasteiger partial charge in [0.25, 0.3) is 0 Å². The van der Waals surface area contributed by atoms with Crippen LogP contribution in [0.4, 0.5) is 0 Å². The molecule has 0 bridgehead atoms. The van der Waals surface area contributed by atoms with Gasteiger partial charge in [-0.05, 0) is 87.0 Å². The molecule has 0 atom stereocenters. The summed E-state index contributed by atoms with van der Waals surface area (Å²) in [5.74, 6) is 8.88. The first-order valence-corrected chi connectivity index (χ1v) is 10.6. The van der Waals surface area contributed by atoms with Gasteiger partial charge in [-0.15, -0.1) is 0 Å². The molecule has 1 nitrogen and oxygen atoms in total. The van der Waals surface area contributed by atoms with Crippen molar-refractivity contribution in [2.24, 2.45) is 11.8 Å². The molecule has 3 rings (SSSR count). The Bertz CT molecular complexity index is 614. The number of rotatable bonds is 4. The molecule has 1 aromatic carbocycles. The van der Waals surface area contributed by atoms with E-state index in [2.05, 4.69) is 62.1 Å². The van der Waals surface area contributed by atoms with Gasteiger partial charge >= 0.3 is 0 Å². The van der Waals surface area contributed by atoms with E-state index in [1.165, 1.54) is 56.9 Å². The highest BCUT2D eigenvalue weighted by Crippen LogP contribution is 2.34. The van der Waals surface area contributed by atoms with Gasteiger partial charge < -0.3 is 4.74 Å². The van der Waals surface area contributed by atoms with Gasteiger partial charge in [0.1, 0.15) is 0 Å². The molecule has 0 aromatic heterocycles. The molecule has 0 amide bonds. The zero-order valence-electron chi connectivity index (χ0n) is 16.5. The zero-order valence-corrected chi connectivity index (χ0v) is 16.5. The Balaban J connectivity index is 1.48. The number of benzene rings is 1. The molecule has 0 radical (unpaired) electrons. The second-order valence-corrected chi connectivity index (χ2v) is 8.20. The van der Waals surface area contributed by atoms with E-state index in [9.17, 15) is 0 Å². The maximum Gasteiger partial charge on any atom is 0.0575 e. The first-order chi connectivity index (χ1) is 12.7. The average Bonchev–Trinajstić information content (AvgIpc) is 2.68. The van der Waals surface area contributed by atoms with E-state index in [0.717, 1.165) is 24.0 Å². The number of allylic oxidation sites excluding steroid dienone is 2. The second kappa shape index (κ2) is 9.98. The molecule has 0 aliphatic heterocycles. The summed E-state index contributed by atoms with van der Waals surface area (Å²) in [4.78, 5) is 0. The topological polar surface area (TPSA) is 9.23 Å². The number of ether oxygens (including phenoxy) is 1. The maximum absolute atomic E-state index is 5.77. The summed E-state index contributed by atoms with van der Waals surface area (Å²) in [6.45, 7) is 5.31. The standard InChI is InChI=1S/C25H34O/c1-3-26-25-18-16-24(17-19-25)23-14-12-22(13-15-23)7-5-4-6-21-10-8-20(2)9-11-21/h4,6,12-15,20-21,24-25H,3,8-11,16-19H2,1-2H3/b6-4+. The second-order valence-electron chi connectivity index (χ2n) is 8.20. The van der Waals surface area contributed by atoms with Gasteiger partial charge in [-0.3, -0.25) is 0 Å². The highest BCUT2D eigenvalue weighted by atomic mass is 16.5. The summed E-state index contributed by atoms with van der Waals surface area (Å²) in [5, 5.41) is 0. The Kier molecular flexibility index (Phi) is 7.39. The third-order valence-corrected chi connectivity index (χ3v) is 6.19. The van der Waals surface area contributed by atoms with Crippen LogP contribution in [-0.2, 0) is 4.74 Å².